The Balaban J connectivity index is 3.00. The molecule has 0 aliphatic rings. The van der Waals surface area contributed by atoms with Gasteiger partial charge in [0.2, 0.25) is 0 Å². The first-order chi connectivity index (χ1) is 7.00. The van der Waals surface area contributed by atoms with Crippen LogP contribution >= 0.6 is 11.6 Å². The Kier molecular flexibility index (Phi) is 2.20. The van der Waals surface area contributed by atoms with E-state index in [2.05, 4.69) is 0 Å². The molecule has 3 nitrogen and oxygen atoms in total. The molecule has 1 aromatic carbocycles. The summed E-state index contributed by atoms with van der Waals surface area (Å²) < 4.78 is 5.03. The Morgan fingerprint density at radius 2 is 1.93 bits per heavy atom. The molecular formula is C11H9ClO3. The first-order valence-electron chi connectivity index (χ1n) is 4.43. The van der Waals surface area contributed by atoms with Gasteiger partial charge in [-0.25, -0.2) is 4.79 Å². The van der Waals surface area contributed by atoms with Crippen LogP contribution in [0.3, 0.4) is 0 Å². The van der Waals surface area contributed by atoms with Gasteiger partial charge >= 0.3 is 5.63 Å². The molecule has 1 N–H and O–H groups in total. The molecule has 0 amide bonds. The molecule has 0 aliphatic heterocycles. The molecule has 15 heavy (non-hydrogen) atoms. The fourth-order valence-electron chi connectivity index (χ4n) is 1.45. The van der Waals surface area contributed by atoms with Crippen LogP contribution in [0.5, 0.6) is 5.75 Å². The number of aryl methyl sites for hydroxylation is 1. The number of rotatable bonds is 0. The van der Waals surface area contributed by atoms with E-state index in [9.17, 15) is 9.90 Å². The lowest BCUT2D eigenvalue weighted by Crippen LogP contribution is -2.05. The van der Waals surface area contributed by atoms with Gasteiger partial charge in [-0.3, -0.25) is 0 Å². The van der Waals surface area contributed by atoms with Crippen LogP contribution in [0.1, 0.15) is 11.1 Å². The second kappa shape index (κ2) is 3.28. The van der Waals surface area contributed by atoms with Crippen LogP contribution in [-0.4, -0.2) is 5.11 Å². The van der Waals surface area contributed by atoms with Crippen molar-refractivity contribution in [2.45, 2.75) is 13.8 Å². The van der Waals surface area contributed by atoms with Crippen molar-refractivity contribution in [3.05, 3.63) is 38.7 Å². The predicted octanol–water partition coefficient (Wildman–Crippen LogP) is 2.77. The summed E-state index contributed by atoms with van der Waals surface area (Å²) >= 11 is 5.78. The molecule has 0 fully saturated rings. The third-order valence-electron chi connectivity index (χ3n) is 2.52. The molecule has 0 radical (unpaired) electrons. The molecule has 4 heteroatoms. The SMILES string of the molecule is Cc1c(C)c2cc(Cl)c(O)cc2oc1=O. The monoisotopic (exact) mass is 224 g/mol. The molecule has 78 valence electrons. The quantitative estimate of drug-likeness (QED) is 0.700. The largest absolute Gasteiger partial charge is 0.506 e. The number of aromatic hydroxyl groups is 1. The molecule has 0 spiro atoms. The standard InChI is InChI=1S/C11H9ClO3/c1-5-6(2)11(14)15-10-4-9(13)8(12)3-7(5)10/h3-4,13H,1-2H3. The minimum atomic E-state index is -0.387. The van der Waals surface area contributed by atoms with Crippen LogP contribution in [0, 0.1) is 13.8 Å². The Labute approximate surface area is 90.9 Å². The van der Waals surface area contributed by atoms with E-state index in [-0.39, 0.29) is 16.4 Å². The summed E-state index contributed by atoms with van der Waals surface area (Å²) in [6.45, 7) is 3.52. The van der Waals surface area contributed by atoms with E-state index in [4.69, 9.17) is 16.0 Å². The summed E-state index contributed by atoms with van der Waals surface area (Å²) in [5.74, 6) is -0.0874. The van der Waals surface area contributed by atoms with E-state index in [1.165, 1.54) is 6.07 Å². The Bertz CT molecular complexity index is 599. The van der Waals surface area contributed by atoms with Crippen molar-refractivity contribution >= 4 is 22.6 Å². The topological polar surface area (TPSA) is 50.4 Å². The number of phenols is 1. The summed E-state index contributed by atoms with van der Waals surface area (Å²) in [5, 5.41) is 10.4. The zero-order valence-corrected chi connectivity index (χ0v) is 9.05. The third kappa shape index (κ3) is 1.49. The fraction of sp³-hybridized carbons (Fsp3) is 0.182. The van der Waals surface area contributed by atoms with Gasteiger partial charge in [0, 0.05) is 17.0 Å². The maximum atomic E-state index is 11.4. The highest BCUT2D eigenvalue weighted by molar-refractivity contribution is 6.32. The van der Waals surface area contributed by atoms with E-state index in [1.54, 1.807) is 13.0 Å². The molecule has 1 heterocycles. The van der Waals surface area contributed by atoms with Crippen molar-refractivity contribution in [3.8, 4) is 5.75 Å². The van der Waals surface area contributed by atoms with Gasteiger partial charge in [0.15, 0.2) is 0 Å². The molecule has 0 aliphatic carbocycles. The van der Waals surface area contributed by atoms with Crippen LogP contribution in [0.25, 0.3) is 11.0 Å². The lowest BCUT2D eigenvalue weighted by Gasteiger charge is -2.05. The van der Waals surface area contributed by atoms with Gasteiger partial charge < -0.3 is 9.52 Å². The van der Waals surface area contributed by atoms with Crippen LogP contribution in [0.2, 0.25) is 5.02 Å². The number of hydrogen-bond donors (Lipinski definition) is 1. The van der Waals surface area contributed by atoms with E-state index in [0.29, 0.717) is 11.1 Å². The van der Waals surface area contributed by atoms with Crippen molar-refractivity contribution in [2.75, 3.05) is 0 Å². The number of halogens is 1. The maximum absolute atomic E-state index is 11.4. The Morgan fingerprint density at radius 3 is 2.60 bits per heavy atom. The highest BCUT2D eigenvalue weighted by atomic mass is 35.5. The number of hydrogen-bond acceptors (Lipinski definition) is 3. The van der Waals surface area contributed by atoms with Gasteiger partial charge in [0.25, 0.3) is 0 Å². The summed E-state index contributed by atoms with van der Waals surface area (Å²) in [5.41, 5.74) is 1.35. The van der Waals surface area contributed by atoms with Crippen molar-refractivity contribution in [2.24, 2.45) is 0 Å². The summed E-state index contributed by atoms with van der Waals surface area (Å²) in [4.78, 5) is 11.4. The molecule has 0 unspecified atom stereocenters. The number of phenolic OH excluding ortho intramolecular Hbond substituents is 1. The van der Waals surface area contributed by atoms with Gasteiger partial charge in [-0.2, -0.15) is 0 Å². The Hall–Kier alpha value is -1.48. The number of benzene rings is 1. The van der Waals surface area contributed by atoms with Crippen molar-refractivity contribution in [1.29, 1.82) is 0 Å². The molecule has 1 aromatic heterocycles. The zero-order chi connectivity index (χ0) is 11.2. The van der Waals surface area contributed by atoms with Crippen LogP contribution < -0.4 is 5.63 Å². The molecule has 2 aromatic rings. The molecule has 0 atom stereocenters. The molecule has 0 bridgehead atoms. The molecule has 2 rings (SSSR count). The highest BCUT2D eigenvalue weighted by Gasteiger charge is 2.10. The predicted molar refractivity (Wildman–Crippen MR) is 58.6 cm³/mol. The van der Waals surface area contributed by atoms with E-state index >= 15 is 0 Å². The van der Waals surface area contributed by atoms with Gasteiger partial charge in [0.1, 0.15) is 11.3 Å². The molecule has 0 saturated carbocycles. The average molecular weight is 225 g/mol. The second-order valence-corrected chi connectivity index (χ2v) is 3.85. The molecular weight excluding hydrogens is 216 g/mol. The normalized spacial score (nSPS) is 10.9. The maximum Gasteiger partial charge on any atom is 0.339 e. The third-order valence-corrected chi connectivity index (χ3v) is 2.83. The smallest absolute Gasteiger partial charge is 0.339 e. The van der Waals surface area contributed by atoms with Gasteiger partial charge in [-0.1, -0.05) is 11.6 Å². The minimum absolute atomic E-state index is 0.0874. The van der Waals surface area contributed by atoms with Gasteiger partial charge in [-0.15, -0.1) is 0 Å². The summed E-state index contributed by atoms with van der Waals surface area (Å²) in [7, 11) is 0. The van der Waals surface area contributed by atoms with Crippen LogP contribution in [0.4, 0.5) is 0 Å². The fourth-order valence-corrected chi connectivity index (χ4v) is 1.62. The van der Waals surface area contributed by atoms with Gasteiger partial charge in [0.05, 0.1) is 5.02 Å². The van der Waals surface area contributed by atoms with E-state index < -0.39 is 0 Å². The molecule has 0 saturated heterocycles. The van der Waals surface area contributed by atoms with Gasteiger partial charge in [-0.05, 0) is 25.5 Å². The van der Waals surface area contributed by atoms with E-state index in [0.717, 1.165) is 10.9 Å². The van der Waals surface area contributed by atoms with Crippen LogP contribution in [0.15, 0.2) is 21.3 Å². The van der Waals surface area contributed by atoms with Crippen molar-refractivity contribution < 1.29 is 9.52 Å². The zero-order valence-electron chi connectivity index (χ0n) is 8.30. The first kappa shape index (κ1) is 10.1. The summed E-state index contributed by atoms with van der Waals surface area (Å²) in [6.07, 6.45) is 0. The second-order valence-electron chi connectivity index (χ2n) is 3.44. The highest BCUT2D eigenvalue weighted by Crippen LogP contribution is 2.30. The van der Waals surface area contributed by atoms with Crippen molar-refractivity contribution in [3.63, 3.8) is 0 Å². The van der Waals surface area contributed by atoms with Crippen LogP contribution in [-0.2, 0) is 0 Å². The summed E-state index contributed by atoms with van der Waals surface area (Å²) in [6, 6.07) is 2.95. The number of fused-ring (bicyclic) bond motifs is 1. The lowest BCUT2D eigenvalue weighted by molar-refractivity contribution is 0.473. The average Bonchev–Trinajstić information content (AvgIpc) is 2.19. The first-order valence-corrected chi connectivity index (χ1v) is 4.81. The van der Waals surface area contributed by atoms with E-state index in [1.807, 2.05) is 6.92 Å². The Morgan fingerprint density at radius 1 is 1.27 bits per heavy atom. The van der Waals surface area contributed by atoms with Crippen molar-refractivity contribution in [1.82, 2.24) is 0 Å². The lowest BCUT2D eigenvalue weighted by atomic mass is 10.1. The minimum Gasteiger partial charge on any atom is -0.506 e.